The molecule has 1 amide bonds. The first-order valence-electron chi connectivity index (χ1n) is 5.68. The van der Waals surface area contributed by atoms with Crippen molar-refractivity contribution in [2.45, 2.75) is 13.3 Å². The average Bonchev–Trinajstić information content (AvgIpc) is 2.78. The Morgan fingerprint density at radius 1 is 1.53 bits per heavy atom. The molecule has 0 bridgehead atoms. The van der Waals surface area contributed by atoms with Crippen LogP contribution in [0.4, 0.5) is 5.69 Å². The van der Waals surface area contributed by atoms with Gasteiger partial charge >= 0.3 is 0 Å². The van der Waals surface area contributed by atoms with E-state index in [-0.39, 0.29) is 5.91 Å². The van der Waals surface area contributed by atoms with Crippen molar-refractivity contribution < 1.29 is 9.32 Å². The largest absolute Gasteiger partial charge is 0.398 e. The normalized spacial score (nSPS) is 10.4. The summed E-state index contributed by atoms with van der Waals surface area (Å²) in [5.74, 6) is 0.775. The molecule has 0 saturated heterocycles. The van der Waals surface area contributed by atoms with Gasteiger partial charge < -0.3 is 15.6 Å². The van der Waals surface area contributed by atoms with Crippen LogP contribution in [-0.4, -0.2) is 22.6 Å². The second kappa shape index (κ2) is 5.71. The van der Waals surface area contributed by atoms with Crippen molar-refractivity contribution in [1.29, 1.82) is 0 Å². The molecular formula is C12H13ClN4O2. The first-order valence-corrected chi connectivity index (χ1v) is 6.06. The minimum absolute atomic E-state index is 0.278. The van der Waals surface area contributed by atoms with Gasteiger partial charge in [0.2, 0.25) is 5.89 Å². The van der Waals surface area contributed by atoms with Crippen LogP contribution in [0.1, 0.15) is 22.1 Å². The van der Waals surface area contributed by atoms with Crippen LogP contribution in [0.3, 0.4) is 0 Å². The lowest BCUT2D eigenvalue weighted by Gasteiger charge is -2.06. The van der Waals surface area contributed by atoms with Crippen LogP contribution in [0.5, 0.6) is 0 Å². The summed E-state index contributed by atoms with van der Waals surface area (Å²) in [6.45, 7) is 2.10. The summed E-state index contributed by atoms with van der Waals surface area (Å²) < 4.78 is 4.83. The fourth-order valence-electron chi connectivity index (χ4n) is 1.55. The molecule has 1 aromatic carbocycles. The van der Waals surface area contributed by atoms with Gasteiger partial charge in [0.05, 0.1) is 5.56 Å². The Morgan fingerprint density at radius 2 is 2.32 bits per heavy atom. The van der Waals surface area contributed by atoms with Crippen molar-refractivity contribution >= 4 is 23.2 Å². The van der Waals surface area contributed by atoms with Gasteiger partial charge in [0.15, 0.2) is 5.82 Å². The number of hydrogen-bond acceptors (Lipinski definition) is 5. The number of amides is 1. The summed E-state index contributed by atoms with van der Waals surface area (Å²) in [6.07, 6.45) is 0.490. The number of anilines is 1. The lowest BCUT2D eigenvalue weighted by Crippen LogP contribution is -2.26. The first-order chi connectivity index (χ1) is 9.06. The number of hydrogen-bond donors (Lipinski definition) is 2. The van der Waals surface area contributed by atoms with Gasteiger partial charge in [0.1, 0.15) is 0 Å². The number of carbonyl (C=O) groups excluding carboxylic acids is 1. The molecule has 0 saturated carbocycles. The Labute approximate surface area is 114 Å². The number of nitrogens with one attached hydrogen (secondary N) is 1. The standard InChI is InChI=1S/C12H13ClN4O2/c1-7-16-11(17-19-7)4-5-15-12(18)9-6-8(13)2-3-10(9)14/h2-3,6H,4-5,14H2,1H3,(H,15,18). The predicted molar refractivity (Wildman–Crippen MR) is 70.9 cm³/mol. The van der Waals surface area contributed by atoms with Gasteiger partial charge in [-0.3, -0.25) is 4.79 Å². The van der Waals surface area contributed by atoms with Crippen LogP contribution in [-0.2, 0) is 6.42 Å². The molecule has 0 aliphatic carbocycles. The highest BCUT2D eigenvalue weighted by molar-refractivity contribution is 6.31. The summed E-state index contributed by atoms with van der Waals surface area (Å²) in [5, 5.41) is 6.93. The lowest BCUT2D eigenvalue weighted by molar-refractivity contribution is 0.0955. The van der Waals surface area contributed by atoms with Crippen molar-refractivity contribution in [1.82, 2.24) is 15.5 Å². The van der Waals surface area contributed by atoms with E-state index in [2.05, 4.69) is 15.5 Å². The molecule has 6 nitrogen and oxygen atoms in total. The third-order valence-electron chi connectivity index (χ3n) is 2.46. The van der Waals surface area contributed by atoms with E-state index in [0.29, 0.717) is 41.0 Å². The van der Waals surface area contributed by atoms with E-state index in [4.69, 9.17) is 21.9 Å². The molecule has 0 radical (unpaired) electrons. The quantitative estimate of drug-likeness (QED) is 0.829. The molecule has 0 fully saturated rings. The number of aromatic nitrogens is 2. The number of nitrogens with two attached hydrogens (primary N) is 1. The number of benzene rings is 1. The second-order valence-electron chi connectivity index (χ2n) is 3.97. The van der Waals surface area contributed by atoms with Gasteiger partial charge in [-0.15, -0.1) is 0 Å². The maximum absolute atomic E-state index is 11.9. The number of carbonyl (C=O) groups is 1. The van der Waals surface area contributed by atoms with Crippen molar-refractivity contribution in [3.05, 3.63) is 40.5 Å². The maximum Gasteiger partial charge on any atom is 0.253 e. The van der Waals surface area contributed by atoms with Gasteiger partial charge in [-0.2, -0.15) is 4.98 Å². The summed E-state index contributed by atoms with van der Waals surface area (Å²) >= 11 is 5.83. The number of halogens is 1. The van der Waals surface area contributed by atoms with Gasteiger partial charge in [0.25, 0.3) is 5.91 Å². The molecule has 0 unspecified atom stereocenters. The van der Waals surface area contributed by atoms with Crippen LogP contribution in [0.15, 0.2) is 22.7 Å². The Bertz CT molecular complexity index is 597. The lowest BCUT2D eigenvalue weighted by atomic mass is 10.1. The van der Waals surface area contributed by atoms with Crippen molar-refractivity contribution in [3.63, 3.8) is 0 Å². The van der Waals surface area contributed by atoms with E-state index in [0.717, 1.165) is 0 Å². The van der Waals surface area contributed by atoms with Crippen LogP contribution in [0.25, 0.3) is 0 Å². The molecule has 2 aromatic rings. The molecule has 1 heterocycles. The van der Waals surface area contributed by atoms with E-state index in [1.807, 2.05) is 0 Å². The Hall–Kier alpha value is -2.08. The number of nitrogen functional groups attached to an aromatic ring is 1. The summed E-state index contributed by atoms with van der Waals surface area (Å²) in [7, 11) is 0. The molecule has 0 aliphatic heterocycles. The van der Waals surface area contributed by atoms with Crippen LogP contribution < -0.4 is 11.1 Å². The molecule has 19 heavy (non-hydrogen) atoms. The fourth-order valence-corrected chi connectivity index (χ4v) is 1.72. The Balaban J connectivity index is 1.92. The summed E-state index contributed by atoms with van der Waals surface area (Å²) in [4.78, 5) is 15.9. The number of aryl methyl sites for hydroxylation is 1. The molecule has 3 N–H and O–H groups in total. The monoisotopic (exact) mass is 280 g/mol. The van der Waals surface area contributed by atoms with E-state index < -0.39 is 0 Å². The molecule has 0 spiro atoms. The summed E-state index contributed by atoms with van der Waals surface area (Å²) in [5.41, 5.74) is 6.46. The molecule has 100 valence electrons. The zero-order valence-corrected chi connectivity index (χ0v) is 11.1. The first kappa shape index (κ1) is 13.4. The van der Waals surface area contributed by atoms with Crippen molar-refractivity contribution in [2.24, 2.45) is 0 Å². The van der Waals surface area contributed by atoms with Gasteiger partial charge in [-0.05, 0) is 18.2 Å². The second-order valence-corrected chi connectivity index (χ2v) is 4.40. The van der Waals surface area contributed by atoms with Gasteiger partial charge in [-0.25, -0.2) is 0 Å². The minimum Gasteiger partial charge on any atom is -0.398 e. The van der Waals surface area contributed by atoms with Crippen LogP contribution >= 0.6 is 11.6 Å². The third kappa shape index (κ3) is 3.45. The highest BCUT2D eigenvalue weighted by Crippen LogP contribution is 2.17. The molecule has 0 atom stereocenters. The zero-order valence-electron chi connectivity index (χ0n) is 10.3. The van der Waals surface area contributed by atoms with Crippen molar-refractivity contribution in [3.8, 4) is 0 Å². The SMILES string of the molecule is Cc1nc(CCNC(=O)c2cc(Cl)ccc2N)no1. The maximum atomic E-state index is 11.9. The molecule has 7 heteroatoms. The van der Waals surface area contributed by atoms with Gasteiger partial charge in [-0.1, -0.05) is 16.8 Å². The Kier molecular flexibility index (Phi) is 4.01. The summed E-state index contributed by atoms with van der Waals surface area (Å²) in [6, 6.07) is 4.76. The zero-order chi connectivity index (χ0) is 13.8. The Morgan fingerprint density at radius 3 is 3.00 bits per heavy atom. The topological polar surface area (TPSA) is 94.0 Å². The van der Waals surface area contributed by atoms with E-state index in [1.165, 1.54) is 6.07 Å². The molecular weight excluding hydrogens is 268 g/mol. The van der Waals surface area contributed by atoms with Crippen molar-refractivity contribution in [2.75, 3.05) is 12.3 Å². The average molecular weight is 281 g/mol. The molecule has 2 rings (SSSR count). The van der Waals surface area contributed by atoms with Crippen LogP contribution in [0.2, 0.25) is 5.02 Å². The van der Waals surface area contributed by atoms with E-state index in [9.17, 15) is 4.79 Å². The smallest absolute Gasteiger partial charge is 0.253 e. The molecule has 1 aromatic heterocycles. The number of rotatable bonds is 4. The number of nitrogens with zero attached hydrogens (tertiary/aromatic N) is 2. The van der Waals surface area contributed by atoms with E-state index >= 15 is 0 Å². The minimum atomic E-state index is -0.278. The highest BCUT2D eigenvalue weighted by atomic mass is 35.5. The third-order valence-corrected chi connectivity index (χ3v) is 2.70. The predicted octanol–water partition coefficient (Wildman–Crippen LogP) is 1.59. The fraction of sp³-hybridized carbons (Fsp3) is 0.250. The van der Waals surface area contributed by atoms with E-state index in [1.54, 1.807) is 19.1 Å². The van der Waals surface area contributed by atoms with Gasteiger partial charge in [0, 0.05) is 30.6 Å². The van der Waals surface area contributed by atoms with Crippen LogP contribution in [0, 0.1) is 6.92 Å². The highest BCUT2D eigenvalue weighted by Gasteiger charge is 2.10. The molecule has 0 aliphatic rings.